The molecule has 0 saturated carbocycles. The zero-order chi connectivity index (χ0) is 17.3. The highest BCUT2D eigenvalue weighted by molar-refractivity contribution is 6.00. The smallest absolute Gasteiger partial charge is 0.232 e. The minimum atomic E-state index is -0.838. The maximum atomic E-state index is 12.7. The number of ketones is 1. The van der Waals surface area contributed by atoms with Crippen LogP contribution in [0.5, 0.6) is 0 Å². The van der Waals surface area contributed by atoms with Gasteiger partial charge in [0.2, 0.25) is 5.91 Å². The number of β-lactam (4-membered cyclic amide) rings is 1. The van der Waals surface area contributed by atoms with E-state index in [1.54, 1.807) is 11.8 Å². The van der Waals surface area contributed by atoms with E-state index in [-0.39, 0.29) is 17.7 Å². The number of aliphatic hydroxyl groups is 1. The van der Waals surface area contributed by atoms with Crippen LogP contribution in [0.15, 0.2) is 60.7 Å². The molecule has 0 bridgehead atoms. The zero-order valence-electron chi connectivity index (χ0n) is 13.8. The highest BCUT2D eigenvalue weighted by atomic mass is 16.3. The predicted octanol–water partition coefficient (Wildman–Crippen LogP) is 2.57. The molecule has 0 unspecified atom stereocenters. The number of Topliss-reactive ketones (excluding diaryl/α,β-unsaturated/α-hetero) is 1. The minimum absolute atomic E-state index is 0.0997. The van der Waals surface area contributed by atoms with Crippen LogP contribution in [-0.2, 0) is 9.59 Å². The number of benzene rings is 2. The van der Waals surface area contributed by atoms with Crippen molar-refractivity contribution in [1.29, 1.82) is 0 Å². The molecule has 4 heteroatoms. The molecular weight excluding hydrogens is 302 g/mol. The molecule has 1 aliphatic rings. The van der Waals surface area contributed by atoms with Crippen molar-refractivity contribution in [3.8, 4) is 0 Å². The van der Waals surface area contributed by atoms with Gasteiger partial charge in [0.05, 0.1) is 18.1 Å². The summed E-state index contributed by atoms with van der Waals surface area (Å²) in [6.45, 7) is 3.04. The number of carbonyl (C=O) groups is 2. The maximum Gasteiger partial charge on any atom is 0.232 e. The van der Waals surface area contributed by atoms with Crippen molar-refractivity contribution in [3.63, 3.8) is 0 Å². The number of likely N-dealkylation sites (tertiary alicyclic amines) is 1. The summed E-state index contributed by atoms with van der Waals surface area (Å²) in [4.78, 5) is 26.5. The molecule has 0 aromatic heterocycles. The molecule has 4 nitrogen and oxygen atoms in total. The quantitative estimate of drug-likeness (QED) is 0.861. The molecule has 1 aliphatic heterocycles. The van der Waals surface area contributed by atoms with Crippen molar-refractivity contribution in [2.24, 2.45) is 5.92 Å². The Morgan fingerprint density at radius 2 is 1.46 bits per heavy atom. The molecule has 1 fully saturated rings. The van der Waals surface area contributed by atoms with Crippen LogP contribution in [0, 0.1) is 5.92 Å². The van der Waals surface area contributed by atoms with Crippen LogP contribution in [0.25, 0.3) is 0 Å². The van der Waals surface area contributed by atoms with Gasteiger partial charge >= 0.3 is 0 Å². The van der Waals surface area contributed by atoms with Crippen molar-refractivity contribution >= 4 is 11.7 Å². The monoisotopic (exact) mass is 323 g/mol. The molecule has 1 amide bonds. The Kier molecular flexibility index (Phi) is 4.49. The summed E-state index contributed by atoms with van der Waals surface area (Å²) in [5.41, 5.74) is 1.90. The summed E-state index contributed by atoms with van der Waals surface area (Å²) in [5, 5.41) is 9.90. The number of hydrogen-bond donors (Lipinski definition) is 1. The first-order chi connectivity index (χ1) is 11.5. The molecule has 2 aromatic rings. The Hall–Kier alpha value is -2.46. The van der Waals surface area contributed by atoms with Crippen molar-refractivity contribution in [2.75, 3.05) is 0 Å². The van der Waals surface area contributed by atoms with Gasteiger partial charge in [0.15, 0.2) is 5.78 Å². The van der Waals surface area contributed by atoms with E-state index in [0.717, 1.165) is 11.1 Å². The van der Waals surface area contributed by atoms with Gasteiger partial charge in [-0.3, -0.25) is 9.59 Å². The van der Waals surface area contributed by atoms with Gasteiger partial charge in [-0.05, 0) is 25.0 Å². The van der Waals surface area contributed by atoms with E-state index in [1.165, 1.54) is 6.92 Å². The normalized spacial score (nSPS) is 21.5. The minimum Gasteiger partial charge on any atom is -0.392 e. The Balaban J connectivity index is 2.06. The maximum absolute atomic E-state index is 12.7. The summed E-state index contributed by atoms with van der Waals surface area (Å²) >= 11 is 0. The van der Waals surface area contributed by atoms with Crippen LogP contribution in [-0.4, -0.2) is 33.8 Å². The molecule has 3 rings (SSSR count). The SMILES string of the molecule is CC(=O)[C@@H]1[C@@H]([C@@H](C)O)C(=O)N1C(c1ccccc1)c1ccccc1. The van der Waals surface area contributed by atoms with Gasteiger partial charge < -0.3 is 10.0 Å². The molecule has 124 valence electrons. The first-order valence-electron chi connectivity index (χ1n) is 8.13. The second kappa shape index (κ2) is 6.57. The molecule has 24 heavy (non-hydrogen) atoms. The van der Waals surface area contributed by atoms with Crippen molar-refractivity contribution in [3.05, 3.63) is 71.8 Å². The van der Waals surface area contributed by atoms with Crippen molar-refractivity contribution < 1.29 is 14.7 Å². The van der Waals surface area contributed by atoms with E-state index in [2.05, 4.69) is 0 Å². The summed E-state index contributed by atoms with van der Waals surface area (Å²) in [6, 6.07) is 18.4. The first-order valence-corrected chi connectivity index (χ1v) is 8.13. The topological polar surface area (TPSA) is 57.6 Å². The van der Waals surface area contributed by atoms with Crippen LogP contribution < -0.4 is 0 Å². The van der Waals surface area contributed by atoms with Crippen molar-refractivity contribution in [1.82, 2.24) is 4.90 Å². The van der Waals surface area contributed by atoms with Gasteiger partial charge in [0, 0.05) is 0 Å². The molecule has 0 aliphatic carbocycles. The molecule has 1 heterocycles. The second-order valence-electron chi connectivity index (χ2n) is 6.29. The average molecular weight is 323 g/mol. The van der Waals surface area contributed by atoms with Gasteiger partial charge in [0.25, 0.3) is 0 Å². The Morgan fingerprint density at radius 3 is 1.83 bits per heavy atom. The Bertz CT molecular complexity index is 688. The lowest BCUT2D eigenvalue weighted by Crippen LogP contribution is -2.67. The summed E-state index contributed by atoms with van der Waals surface area (Å²) in [6.07, 6.45) is -0.838. The van der Waals surface area contributed by atoms with Gasteiger partial charge in [-0.2, -0.15) is 0 Å². The molecule has 2 aromatic carbocycles. The fourth-order valence-corrected chi connectivity index (χ4v) is 3.53. The van der Waals surface area contributed by atoms with E-state index in [1.807, 2.05) is 60.7 Å². The van der Waals surface area contributed by atoms with Crippen LogP contribution in [0.2, 0.25) is 0 Å². The Labute approximate surface area is 141 Å². The largest absolute Gasteiger partial charge is 0.392 e. The molecule has 0 spiro atoms. The summed E-state index contributed by atoms with van der Waals surface area (Å²) < 4.78 is 0. The summed E-state index contributed by atoms with van der Waals surface area (Å²) in [5.74, 6) is -0.933. The third kappa shape index (κ3) is 2.74. The van der Waals surface area contributed by atoms with E-state index < -0.39 is 18.1 Å². The van der Waals surface area contributed by atoms with E-state index in [0.29, 0.717) is 0 Å². The Morgan fingerprint density at radius 1 is 1.00 bits per heavy atom. The van der Waals surface area contributed by atoms with Crippen LogP contribution >= 0.6 is 0 Å². The van der Waals surface area contributed by atoms with Gasteiger partial charge in [0.1, 0.15) is 6.04 Å². The standard InChI is InChI=1S/C20H21NO3/c1-13(22)17-18(14(2)23)21(20(17)24)19(15-9-5-3-6-10-15)16-11-7-4-8-12-16/h3-13,17-19,22H,1-2H3/t13-,17-,18-/m1/s1. The third-order valence-corrected chi connectivity index (χ3v) is 4.62. The number of aliphatic hydroxyl groups excluding tert-OH is 1. The third-order valence-electron chi connectivity index (χ3n) is 4.62. The van der Waals surface area contributed by atoms with Crippen molar-refractivity contribution in [2.45, 2.75) is 32.0 Å². The molecular formula is C20H21NO3. The highest BCUT2D eigenvalue weighted by Crippen LogP contribution is 2.41. The van der Waals surface area contributed by atoms with Gasteiger partial charge in [-0.15, -0.1) is 0 Å². The number of nitrogens with zero attached hydrogens (tertiary/aromatic N) is 1. The fraction of sp³-hybridized carbons (Fsp3) is 0.300. The fourth-order valence-electron chi connectivity index (χ4n) is 3.53. The molecule has 3 atom stereocenters. The van der Waals surface area contributed by atoms with Crippen LogP contribution in [0.1, 0.15) is 31.0 Å². The number of carbonyl (C=O) groups excluding carboxylic acids is 2. The lowest BCUT2D eigenvalue weighted by atomic mass is 9.78. The van der Waals surface area contributed by atoms with Gasteiger partial charge in [-0.25, -0.2) is 0 Å². The lowest BCUT2D eigenvalue weighted by Gasteiger charge is -2.51. The number of rotatable bonds is 5. The van der Waals surface area contributed by atoms with Crippen LogP contribution in [0.3, 0.4) is 0 Å². The molecule has 0 radical (unpaired) electrons. The predicted molar refractivity (Wildman–Crippen MR) is 91.2 cm³/mol. The lowest BCUT2D eigenvalue weighted by molar-refractivity contribution is -0.172. The first kappa shape index (κ1) is 16.4. The zero-order valence-corrected chi connectivity index (χ0v) is 13.8. The highest BCUT2D eigenvalue weighted by Gasteiger charge is 2.54. The molecule has 1 N–H and O–H groups in total. The van der Waals surface area contributed by atoms with E-state index in [9.17, 15) is 14.7 Å². The molecule has 1 saturated heterocycles. The second-order valence-corrected chi connectivity index (χ2v) is 6.29. The summed E-state index contributed by atoms with van der Waals surface area (Å²) in [7, 11) is 0. The average Bonchev–Trinajstić information content (AvgIpc) is 2.57. The number of amides is 1. The van der Waals surface area contributed by atoms with E-state index in [4.69, 9.17) is 0 Å². The van der Waals surface area contributed by atoms with E-state index >= 15 is 0 Å². The van der Waals surface area contributed by atoms with Crippen LogP contribution in [0.4, 0.5) is 0 Å². The number of hydrogen-bond acceptors (Lipinski definition) is 3. The van der Waals surface area contributed by atoms with Gasteiger partial charge in [-0.1, -0.05) is 60.7 Å².